The summed E-state index contributed by atoms with van der Waals surface area (Å²) in [7, 11) is 0. The first-order valence-corrected chi connectivity index (χ1v) is 9.50. The van der Waals surface area contributed by atoms with Crippen LogP contribution in [0.3, 0.4) is 0 Å². The van der Waals surface area contributed by atoms with Gasteiger partial charge in [-0.2, -0.15) is 0 Å². The molecular weight excluding hydrogens is 340 g/mol. The zero-order valence-electron chi connectivity index (χ0n) is 15.3. The van der Waals surface area contributed by atoms with Crippen molar-refractivity contribution in [3.05, 3.63) is 71.8 Å². The third-order valence-electron chi connectivity index (χ3n) is 4.99. The Morgan fingerprint density at radius 2 is 1.52 bits per heavy atom. The highest BCUT2D eigenvalue weighted by Crippen LogP contribution is 2.21. The molecule has 1 aliphatic carbocycles. The Morgan fingerprint density at radius 3 is 2.15 bits per heavy atom. The predicted molar refractivity (Wildman–Crippen MR) is 104 cm³/mol. The van der Waals surface area contributed by atoms with E-state index in [4.69, 9.17) is 0 Å². The van der Waals surface area contributed by atoms with Crippen molar-refractivity contribution in [2.24, 2.45) is 0 Å². The van der Waals surface area contributed by atoms with E-state index in [9.17, 15) is 14.7 Å². The fourth-order valence-corrected chi connectivity index (χ4v) is 3.46. The molecule has 1 fully saturated rings. The van der Waals surface area contributed by atoms with Gasteiger partial charge in [0.15, 0.2) is 0 Å². The van der Waals surface area contributed by atoms with Crippen LogP contribution in [0, 0.1) is 0 Å². The first kappa shape index (κ1) is 19.1. The van der Waals surface area contributed by atoms with Crippen molar-refractivity contribution in [1.82, 2.24) is 10.6 Å². The molecule has 2 aromatic rings. The zero-order valence-corrected chi connectivity index (χ0v) is 15.3. The van der Waals surface area contributed by atoms with Gasteiger partial charge in [0.05, 0.1) is 18.6 Å². The van der Waals surface area contributed by atoms with Gasteiger partial charge in [0.25, 0.3) is 5.91 Å². The molecular formula is C22H26N2O3. The monoisotopic (exact) mass is 366 g/mol. The lowest BCUT2D eigenvalue weighted by molar-refractivity contribution is -0.122. The lowest BCUT2D eigenvalue weighted by Gasteiger charge is -2.27. The second-order valence-corrected chi connectivity index (χ2v) is 7.08. The highest BCUT2D eigenvalue weighted by molar-refractivity contribution is 5.94. The highest BCUT2D eigenvalue weighted by Gasteiger charge is 2.23. The van der Waals surface area contributed by atoms with Crippen LogP contribution in [0.15, 0.2) is 60.7 Å². The van der Waals surface area contributed by atoms with Gasteiger partial charge in [0.1, 0.15) is 0 Å². The molecule has 1 saturated carbocycles. The number of carbonyl (C=O) groups is 2. The average Bonchev–Trinajstić information content (AvgIpc) is 2.70. The second kappa shape index (κ2) is 9.33. The maximum atomic E-state index is 12.6. The molecule has 2 amide bonds. The molecule has 1 aliphatic rings. The van der Waals surface area contributed by atoms with Crippen LogP contribution in [0.25, 0.3) is 0 Å². The van der Waals surface area contributed by atoms with Crippen molar-refractivity contribution >= 4 is 11.8 Å². The molecule has 1 atom stereocenters. The van der Waals surface area contributed by atoms with Crippen molar-refractivity contribution in [1.29, 1.82) is 0 Å². The number of rotatable bonds is 6. The van der Waals surface area contributed by atoms with Gasteiger partial charge in [-0.05, 0) is 43.4 Å². The summed E-state index contributed by atoms with van der Waals surface area (Å²) < 4.78 is 0. The number of benzene rings is 2. The Balaban J connectivity index is 1.65. The highest BCUT2D eigenvalue weighted by atomic mass is 16.3. The van der Waals surface area contributed by atoms with E-state index in [-0.39, 0.29) is 30.4 Å². The summed E-state index contributed by atoms with van der Waals surface area (Å²) in [6, 6.07) is 18.3. The number of amides is 2. The minimum absolute atomic E-state index is 0.0846. The Bertz CT molecular complexity index is 741. The van der Waals surface area contributed by atoms with E-state index in [1.807, 2.05) is 48.5 Å². The molecule has 3 rings (SSSR count). The lowest BCUT2D eigenvalue weighted by atomic mass is 9.93. The van der Waals surface area contributed by atoms with Crippen LogP contribution in [0.1, 0.15) is 54.1 Å². The predicted octanol–water partition coefficient (Wildman–Crippen LogP) is 2.97. The maximum absolute atomic E-state index is 12.6. The fraction of sp³-hybridized carbons (Fsp3) is 0.364. The molecule has 0 saturated heterocycles. The summed E-state index contributed by atoms with van der Waals surface area (Å²) in [6.07, 6.45) is 2.95. The van der Waals surface area contributed by atoms with E-state index < -0.39 is 6.04 Å². The van der Waals surface area contributed by atoms with E-state index in [0.29, 0.717) is 5.56 Å². The molecule has 5 nitrogen and oxygen atoms in total. The fourth-order valence-electron chi connectivity index (χ4n) is 3.46. The van der Waals surface area contributed by atoms with Crippen molar-refractivity contribution in [3.63, 3.8) is 0 Å². The van der Waals surface area contributed by atoms with E-state index in [1.54, 1.807) is 12.1 Å². The molecule has 27 heavy (non-hydrogen) atoms. The number of nitrogens with one attached hydrogen (secondary N) is 2. The van der Waals surface area contributed by atoms with Gasteiger partial charge in [-0.1, -0.05) is 48.5 Å². The van der Waals surface area contributed by atoms with Gasteiger partial charge in [-0.3, -0.25) is 9.59 Å². The normalized spacial score (nSPS) is 20.5. The molecule has 0 aliphatic heterocycles. The molecule has 0 spiro atoms. The smallest absolute Gasteiger partial charge is 0.251 e. The molecule has 3 N–H and O–H groups in total. The van der Waals surface area contributed by atoms with Crippen molar-refractivity contribution in [2.45, 2.75) is 50.3 Å². The van der Waals surface area contributed by atoms with Crippen LogP contribution < -0.4 is 10.6 Å². The minimum atomic E-state index is -0.395. The summed E-state index contributed by atoms with van der Waals surface area (Å²) >= 11 is 0. The maximum Gasteiger partial charge on any atom is 0.251 e. The molecule has 142 valence electrons. The van der Waals surface area contributed by atoms with Gasteiger partial charge < -0.3 is 15.7 Å². The standard InChI is InChI=1S/C22H26N2O3/c25-19-13-11-18(12-14-19)23-21(26)15-20(16-7-3-1-4-8-16)24-22(27)17-9-5-2-6-10-17/h1-10,18-20,25H,11-15H2,(H,23,26)(H,24,27). The van der Waals surface area contributed by atoms with E-state index in [0.717, 1.165) is 31.2 Å². The summed E-state index contributed by atoms with van der Waals surface area (Å²) in [5.41, 5.74) is 1.47. The number of aliphatic hydroxyl groups excluding tert-OH is 1. The van der Waals surface area contributed by atoms with Gasteiger partial charge in [-0.15, -0.1) is 0 Å². The Labute approximate surface area is 159 Å². The minimum Gasteiger partial charge on any atom is -0.393 e. The molecule has 1 unspecified atom stereocenters. The molecule has 0 bridgehead atoms. The lowest BCUT2D eigenvalue weighted by Crippen LogP contribution is -2.40. The van der Waals surface area contributed by atoms with Crippen molar-refractivity contribution in [3.8, 4) is 0 Å². The summed E-state index contributed by atoms with van der Waals surface area (Å²) in [6.45, 7) is 0. The third-order valence-corrected chi connectivity index (χ3v) is 4.99. The van der Waals surface area contributed by atoms with Gasteiger partial charge >= 0.3 is 0 Å². The zero-order chi connectivity index (χ0) is 19.1. The summed E-state index contributed by atoms with van der Waals surface area (Å²) in [4.78, 5) is 25.1. The summed E-state index contributed by atoms with van der Waals surface area (Å²) in [5.74, 6) is -0.281. The average molecular weight is 366 g/mol. The number of aliphatic hydroxyl groups is 1. The quantitative estimate of drug-likeness (QED) is 0.735. The Hall–Kier alpha value is -2.66. The Kier molecular flexibility index (Phi) is 6.60. The topological polar surface area (TPSA) is 78.4 Å². The van der Waals surface area contributed by atoms with Crippen molar-refractivity contribution in [2.75, 3.05) is 0 Å². The number of carbonyl (C=O) groups excluding carboxylic acids is 2. The van der Waals surface area contributed by atoms with Gasteiger partial charge in [-0.25, -0.2) is 0 Å². The van der Waals surface area contributed by atoms with E-state index >= 15 is 0 Å². The van der Waals surface area contributed by atoms with Gasteiger partial charge in [0.2, 0.25) is 5.91 Å². The van der Waals surface area contributed by atoms with E-state index in [2.05, 4.69) is 10.6 Å². The first-order valence-electron chi connectivity index (χ1n) is 9.50. The number of hydrogen-bond donors (Lipinski definition) is 3. The van der Waals surface area contributed by atoms with Crippen LogP contribution >= 0.6 is 0 Å². The van der Waals surface area contributed by atoms with Gasteiger partial charge in [0, 0.05) is 11.6 Å². The van der Waals surface area contributed by atoms with E-state index in [1.165, 1.54) is 0 Å². The summed E-state index contributed by atoms with van der Waals surface area (Å²) in [5, 5.41) is 15.6. The SMILES string of the molecule is O=C(CC(NC(=O)c1ccccc1)c1ccccc1)NC1CCC(O)CC1. The molecule has 0 aromatic heterocycles. The number of hydrogen-bond acceptors (Lipinski definition) is 3. The first-order chi connectivity index (χ1) is 13.1. The van der Waals surface area contributed by atoms with Crippen LogP contribution in [0.2, 0.25) is 0 Å². The molecule has 5 heteroatoms. The second-order valence-electron chi connectivity index (χ2n) is 7.08. The van der Waals surface area contributed by atoms with Crippen LogP contribution in [0.5, 0.6) is 0 Å². The molecule has 0 radical (unpaired) electrons. The molecule has 0 heterocycles. The van der Waals surface area contributed by atoms with Crippen LogP contribution in [-0.2, 0) is 4.79 Å². The third kappa shape index (κ3) is 5.66. The van der Waals surface area contributed by atoms with Crippen molar-refractivity contribution < 1.29 is 14.7 Å². The molecule has 2 aromatic carbocycles. The Morgan fingerprint density at radius 1 is 0.926 bits per heavy atom. The largest absolute Gasteiger partial charge is 0.393 e. The van der Waals surface area contributed by atoms with Crippen LogP contribution in [-0.4, -0.2) is 29.1 Å². The van der Waals surface area contributed by atoms with Crippen LogP contribution in [0.4, 0.5) is 0 Å².